The molecule has 2 aliphatic heterocycles. The molecule has 0 aromatic heterocycles. The van der Waals surface area contributed by atoms with Crippen molar-refractivity contribution in [3.8, 4) is 0 Å². The van der Waals surface area contributed by atoms with E-state index < -0.39 is 10.0 Å². The van der Waals surface area contributed by atoms with E-state index in [2.05, 4.69) is 4.90 Å². The molecule has 21 heavy (non-hydrogen) atoms. The van der Waals surface area contributed by atoms with E-state index in [1.807, 2.05) is 0 Å². The number of hydrogen-bond donors (Lipinski definition) is 0. The smallest absolute Gasteiger partial charge is 0.211 e. The van der Waals surface area contributed by atoms with Crippen molar-refractivity contribution in [1.29, 1.82) is 0 Å². The molecule has 1 aromatic rings. The van der Waals surface area contributed by atoms with Gasteiger partial charge in [-0.05, 0) is 24.6 Å². The molecule has 114 valence electrons. The number of aldehydes is 1. The van der Waals surface area contributed by atoms with Gasteiger partial charge in [0.1, 0.15) is 0 Å². The van der Waals surface area contributed by atoms with E-state index in [0.29, 0.717) is 23.7 Å². The Morgan fingerprint density at radius 2 is 2.00 bits per heavy atom. The number of carbonyl (C=O) groups excluding carboxylic acids is 1. The highest BCUT2D eigenvalue weighted by Crippen LogP contribution is 2.42. The average Bonchev–Trinajstić information content (AvgIpc) is 2.81. The Bertz CT molecular complexity index is 683. The van der Waals surface area contributed by atoms with Crippen LogP contribution in [0.25, 0.3) is 0 Å². The third kappa shape index (κ3) is 2.67. The quantitative estimate of drug-likeness (QED) is 0.791. The Morgan fingerprint density at radius 3 is 2.62 bits per heavy atom. The van der Waals surface area contributed by atoms with E-state index in [9.17, 15) is 13.2 Å². The summed E-state index contributed by atoms with van der Waals surface area (Å²) >= 11 is 6.02. The van der Waals surface area contributed by atoms with Crippen LogP contribution in [-0.2, 0) is 10.0 Å². The Balaban J connectivity index is 1.77. The van der Waals surface area contributed by atoms with Crippen LogP contribution in [-0.4, -0.2) is 51.4 Å². The number of halogens is 1. The largest absolute Gasteiger partial charge is 0.370 e. The second-order valence-electron chi connectivity index (χ2n) is 6.02. The summed E-state index contributed by atoms with van der Waals surface area (Å²) in [6, 6.07) is 5.23. The van der Waals surface area contributed by atoms with Crippen LogP contribution in [0.15, 0.2) is 18.2 Å². The minimum Gasteiger partial charge on any atom is -0.370 e. The van der Waals surface area contributed by atoms with E-state index in [0.717, 1.165) is 31.5 Å². The summed E-state index contributed by atoms with van der Waals surface area (Å²) in [5.41, 5.74) is 1.48. The van der Waals surface area contributed by atoms with Crippen LogP contribution < -0.4 is 4.90 Å². The number of anilines is 1. The molecule has 0 bridgehead atoms. The number of nitrogens with zero attached hydrogens (tertiary/aromatic N) is 2. The van der Waals surface area contributed by atoms with Gasteiger partial charge in [-0.3, -0.25) is 4.79 Å². The van der Waals surface area contributed by atoms with Gasteiger partial charge in [0.2, 0.25) is 10.0 Å². The van der Waals surface area contributed by atoms with Crippen LogP contribution in [0.1, 0.15) is 16.8 Å². The van der Waals surface area contributed by atoms with Gasteiger partial charge in [-0.15, -0.1) is 0 Å². The molecule has 0 unspecified atom stereocenters. The molecule has 2 saturated heterocycles. The SMILES string of the molecule is CS(=O)(=O)N1CC2(CCN(c3cc(Cl)ccc3C=O)C2)C1. The highest BCUT2D eigenvalue weighted by Gasteiger charge is 2.50. The zero-order valence-electron chi connectivity index (χ0n) is 11.8. The van der Waals surface area contributed by atoms with Gasteiger partial charge in [0.25, 0.3) is 0 Å². The van der Waals surface area contributed by atoms with Gasteiger partial charge in [0.05, 0.1) is 6.26 Å². The molecule has 0 amide bonds. The van der Waals surface area contributed by atoms with Crippen LogP contribution in [0.5, 0.6) is 0 Å². The van der Waals surface area contributed by atoms with Crippen molar-refractivity contribution in [2.24, 2.45) is 5.41 Å². The van der Waals surface area contributed by atoms with Crippen LogP contribution in [0.3, 0.4) is 0 Å². The van der Waals surface area contributed by atoms with E-state index in [4.69, 9.17) is 11.6 Å². The molecule has 3 rings (SSSR count). The Kier molecular flexibility index (Phi) is 3.50. The van der Waals surface area contributed by atoms with E-state index in [-0.39, 0.29) is 5.41 Å². The van der Waals surface area contributed by atoms with Crippen molar-refractivity contribution >= 4 is 33.6 Å². The first-order chi connectivity index (χ1) is 9.83. The number of carbonyl (C=O) groups is 1. The maximum atomic E-state index is 11.5. The molecule has 2 heterocycles. The molecule has 7 heteroatoms. The fourth-order valence-corrected chi connectivity index (χ4v) is 4.41. The summed E-state index contributed by atoms with van der Waals surface area (Å²) in [4.78, 5) is 13.3. The second-order valence-corrected chi connectivity index (χ2v) is 8.44. The summed E-state index contributed by atoms with van der Waals surface area (Å²) in [7, 11) is -3.09. The Morgan fingerprint density at radius 1 is 1.29 bits per heavy atom. The predicted octanol–water partition coefficient (Wildman–Crippen LogP) is 1.62. The fourth-order valence-electron chi connectivity index (χ4n) is 3.23. The molecule has 0 atom stereocenters. The molecule has 0 N–H and O–H groups in total. The first kappa shape index (κ1) is 14.8. The highest BCUT2D eigenvalue weighted by molar-refractivity contribution is 7.88. The maximum absolute atomic E-state index is 11.5. The van der Waals surface area contributed by atoms with E-state index in [1.165, 1.54) is 10.6 Å². The maximum Gasteiger partial charge on any atom is 0.211 e. The van der Waals surface area contributed by atoms with Crippen molar-refractivity contribution in [2.45, 2.75) is 6.42 Å². The number of benzene rings is 1. The van der Waals surface area contributed by atoms with Gasteiger partial charge in [-0.25, -0.2) is 12.7 Å². The third-order valence-electron chi connectivity index (χ3n) is 4.39. The van der Waals surface area contributed by atoms with Gasteiger partial charge < -0.3 is 4.90 Å². The molecule has 0 aliphatic carbocycles. The summed E-state index contributed by atoms with van der Waals surface area (Å²) in [5.74, 6) is 0. The summed E-state index contributed by atoms with van der Waals surface area (Å²) in [5, 5.41) is 0.600. The Labute approximate surface area is 129 Å². The number of hydrogen-bond acceptors (Lipinski definition) is 4. The molecule has 2 aliphatic rings. The molecule has 0 radical (unpaired) electrons. The zero-order chi connectivity index (χ0) is 15.3. The first-order valence-corrected chi connectivity index (χ1v) is 9.00. The van der Waals surface area contributed by atoms with Crippen molar-refractivity contribution < 1.29 is 13.2 Å². The van der Waals surface area contributed by atoms with E-state index in [1.54, 1.807) is 18.2 Å². The number of sulfonamides is 1. The normalized spacial score (nSPS) is 21.5. The molecule has 5 nitrogen and oxygen atoms in total. The topological polar surface area (TPSA) is 57.7 Å². The van der Waals surface area contributed by atoms with Crippen LogP contribution in [0.4, 0.5) is 5.69 Å². The molecular weight excluding hydrogens is 312 g/mol. The predicted molar refractivity (Wildman–Crippen MR) is 82.5 cm³/mol. The number of rotatable bonds is 3. The molecular formula is C14H17ClN2O3S. The van der Waals surface area contributed by atoms with Crippen molar-refractivity contribution in [3.63, 3.8) is 0 Å². The highest BCUT2D eigenvalue weighted by atomic mass is 35.5. The lowest BCUT2D eigenvalue weighted by atomic mass is 9.81. The van der Waals surface area contributed by atoms with E-state index >= 15 is 0 Å². The van der Waals surface area contributed by atoms with Crippen molar-refractivity contribution in [1.82, 2.24) is 4.31 Å². The van der Waals surface area contributed by atoms with Crippen LogP contribution in [0.2, 0.25) is 5.02 Å². The lowest BCUT2D eigenvalue weighted by Crippen LogP contribution is -2.59. The average molecular weight is 329 g/mol. The van der Waals surface area contributed by atoms with Crippen LogP contribution >= 0.6 is 11.6 Å². The zero-order valence-corrected chi connectivity index (χ0v) is 13.3. The summed E-state index contributed by atoms with van der Waals surface area (Å²) < 4.78 is 24.5. The minimum atomic E-state index is -3.09. The molecule has 2 fully saturated rings. The standard InChI is InChI=1S/C14H17ClN2O3S/c1-21(19,20)17-9-14(10-17)4-5-16(8-14)13-6-12(15)3-2-11(13)7-18/h2-3,6-7H,4-5,8-10H2,1H3. The molecule has 1 spiro atoms. The Hall–Kier alpha value is -1.11. The van der Waals surface area contributed by atoms with Gasteiger partial charge in [0.15, 0.2) is 6.29 Å². The van der Waals surface area contributed by atoms with Crippen LogP contribution in [0, 0.1) is 5.41 Å². The fraction of sp³-hybridized carbons (Fsp3) is 0.500. The molecule has 1 aromatic carbocycles. The second kappa shape index (κ2) is 4.97. The van der Waals surface area contributed by atoms with Gasteiger partial charge in [0, 0.05) is 47.9 Å². The lowest BCUT2D eigenvalue weighted by molar-refractivity contribution is 0.0944. The third-order valence-corrected chi connectivity index (χ3v) is 5.82. The van der Waals surface area contributed by atoms with Gasteiger partial charge in [-0.1, -0.05) is 11.6 Å². The summed E-state index contributed by atoms with van der Waals surface area (Å²) in [6.45, 7) is 2.72. The summed E-state index contributed by atoms with van der Waals surface area (Å²) in [6.07, 6.45) is 3.01. The minimum absolute atomic E-state index is 0.0194. The first-order valence-electron chi connectivity index (χ1n) is 6.78. The molecule has 0 saturated carbocycles. The van der Waals surface area contributed by atoms with Crippen molar-refractivity contribution in [2.75, 3.05) is 37.3 Å². The lowest BCUT2D eigenvalue weighted by Gasteiger charge is -2.46. The monoisotopic (exact) mass is 328 g/mol. The van der Waals surface area contributed by atoms with Crippen molar-refractivity contribution in [3.05, 3.63) is 28.8 Å². The van der Waals surface area contributed by atoms with Gasteiger partial charge in [-0.2, -0.15) is 0 Å². The van der Waals surface area contributed by atoms with Gasteiger partial charge >= 0.3 is 0 Å².